The number of rotatable bonds is 8. The molecule has 0 aromatic heterocycles. The minimum atomic E-state index is -0.0948. The minimum absolute atomic E-state index is 0.0145. The highest BCUT2D eigenvalue weighted by atomic mass is 16.5. The van der Waals surface area contributed by atoms with Crippen LogP contribution in [0.15, 0.2) is 60.7 Å². The molecule has 1 aliphatic rings. The van der Waals surface area contributed by atoms with Gasteiger partial charge in [0.15, 0.2) is 0 Å². The predicted molar refractivity (Wildman–Crippen MR) is 99.8 cm³/mol. The van der Waals surface area contributed by atoms with Crippen LogP contribution >= 0.6 is 0 Å². The van der Waals surface area contributed by atoms with Gasteiger partial charge in [-0.3, -0.25) is 0 Å². The first-order chi connectivity index (χ1) is 12.2. The largest absolute Gasteiger partial charge is 0.376 e. The second-order valence-electron chi connectivity index (χ2n) is 7.19. The fraction of sp³-hybridized carbons (Fsp3) is 0.429. The topological polar surface area (TPSA) is 70.5 Å². The van der Waals surface area contributed by atoms with Gasteiger partial charge in [-0.1, -0.05) is 60.7 Å². The fourth-order valence-corrected chi connectivity index (χ4v) is 3.58. The van der Waals surface area contributed by atoms with Gasteiger partial charge in [-0.15, -0.1) is 0 Å². The van der Waals surface area contributed by atoms with Crippen molar-refractivity contribution in [2.45, 2.75) is 38.1 Å². The van der Waals surface area contributed by atoms with Gasteiger partial charge < -0.3 is 20.9 Å². The van der Waals surface area contributed by atoms with E-state index < -0.39 is 0 Å². The lowest BCUT2D eigenvalue weighted by Crippen LogP contribution is -2.35. The highest BCUT2D eigenvalue weighted by Crippen LogP contribution is 2.38. The Bertz CT molecular complexity index is 575. The van der Waals surface area contributed by atoms with Crippen LogP contribution in [0.2, 0.25) is 0 Å². The summed E-state index contributed by atoms with van der Waals surface area (Å²) in [4.78, 5) is 0. The Hall–Kier alpha value is -1.72. The van der Waals surface area contributed by atoms with Crippen LogP contribution in [0.1, 0.15) is 24.0 Å². The highest BCUT2D eigenvalue weighted by Gasteiger charge is 2.43. The molecule has 4 heteroatoms. The van der Waals surface area contributed by atoms with Crippen LogP contribution in [-0.4, -0.2) is 25.3 Å². The van der Waals surface area contributed by atoms with Gasteiger partial charge in [0.05, 0.1) is 26.4 Å². The highest BCUT2D eigenvalue weighted by molar-refractivity contribution is 5.14. The van der Waals surface area contributed by atoms with E-state index in [0.717, 1.165) is 12.8 Å². The van der Waals surface area contributed by atoms with Crippen molar-refractivity contribution in [3.8, 4) is 0 Å². The Morgan fingerprint density at radius 2 is 1.12 bits per heavy atom. The minimum Gasteiger partial charge on any atom is -0.376 e. The summed E-state index contributed by atoms with van der Waals surface area (Å²) in [6.45, 7) is 2.45. The summed E-state index contributed by atoms with van der Waals surface area (Å²) in [5, 5.41) is 0. The van der Waals surface area contributed by atoms with E-state index in [1.807, 2.05) is 36.4 Å². The van der Waals surface area contributed by atoms with E-state index in [1.165, 1.54) is 11.1 Å². The molecule has 0 aliphatic heterocycles. The molecule has 0 unspecified atom stereocenters. The normalized spacial score (nSPS) is 22.2. The first-order valence-electron chi connectivity index (χ1n) is 8.91. The number of hydrogen-bond acceptors (Lipinski definition) is 4. The fourth-order valence-electron chi connectivity index (χ4n) is 3.58. The molecule has 0 bridgehead atoms. The maximum Gasteiger partial charge on any atom is 0.0717 e. The lowest BCUT2D eigenvalue weighted by molar-refractivity contribution is -0.0308. The van der Waals surface area contributed by atoms with Crippen molar-refractivity contribution in [1.29, 1.82) is 0 Å². The van der Waals surface area contributed by atoms with Crippen LogP contribution in [-0.2, 0) is 22.7 Å². The van der Waals surface area contributed by atoms with Crippen LogP contribution in [0, 0.1) is 5.41 Å². The molecule has 0 heterocycles. The third kappa shape index (κ3) is 5.13. The van der Waals surface area contributed by atoms with E-state index in [-0.39, 0.29) is 17.5 Å². The van der Waals surface area contributed by atoms with Crippen LogP contribution in [0.25, 0.3) is 0 Å². The zero-order valence-electron chi connectivity index (χ0n) is 14.6. The van der Waals surface area contributed by atoms with Crippen molar-refractivity contribution < 1.29 is 9.47 Å². The number of ether oxygens (including phenoxy) is 2. The number of benzene rings is 2. The smallest absolute Gasteiger partial charge is 0.0717 e. The first-order valence-corrected chi connectivity index (χ1v) is 8.91. The Labute approximate surface area is 150 Å². The van der Waals surface area contributed by atoms with Crippen LogP contribution in [0.5, 0.6) is 0 Å². The molecule has 2 atom stereocenters. The van der Waals surface area contributed by atoms with Gasteiger partial charge >= 0.3 is 0 Å². The second-order valence-corrected chi connectivity index (χ2v) is 7.19. The van der Waals surface area contributed by atoms with Crippen LogP contribution in [0.3, 0.4) is 0 Å². The molecule has 3 rings (SSSR count). The second kappa shape index (κ2) is 8.59. The van der Waals surface area contributed by atoms with Crippen molar-refractivity contribution in [3.05, 3.63) is 71.8 Å². The predicted octanol–water partition coefficient (Wildman–Crippen LogP) is 2.85. The third-order valence-electron chi connectivity index (χ3n) is 4.93. The van der Waals surface area contributed by atoms with Crippen LogP contribution < -0.4 is 11.5 Å². The standard InChI is InChI=1S/C21H28N2O2/c22-19-11-21(12-20(19)23,15-24-13-17-7-3-1-4-8-17)16-25-14-18-9-5-2-6-10-18/h1-10,19-20H,11-16,22-23H2/t19-,20-/m0/s1. The Balaban J connectivity index is 1.54. The molecule has 4 N–H and O–H groups in total. The maximum atomic E-state index is 6.18. The summed E-state index contributed by atoms with van der Waals surface area (Å²) in [5.41, 5.74) is 14.6. The number of nitrogens with two attached hydrogens (primary N) is 2. The van der Waals surface area contributed by atoms with E-state index in [9.17, 15) is 0 Å². The molecule has 0 spiro atoms. The molecule has 1 saturated carbocycles. The average Bonchev–Trinajstić information content (AvgIpc) is 2.91. The molecule has 134 valence electrons. The van der Waals surface area contributed by atoms with Gasteiger partial charge in [-0.2, -0.15) is 0 Å². The summed E-state index contributed by atoms with van der Waals surface area (Å²) in [6, 6.07) is 20.5. The van der Waals surface area contributed by atoms with Gasteiger partial charge in [0, 0.05) is 17.5 Å². The van der Waals surface area contributed by atoms with E-state index in [2.05, 4.69) is 24.3 Å². The summed E-state index contributed by atoms with van der Waals surface area (Å²) in [6.07, 6.45) is 1.69. The molecule has 1 aliphatic carbocycles. The van der Waals surface area contributed by atoms with Gasteiger partial charge in [0.2, 0.25) is 0 Å². The lowest BCUT2D eigenvalue weighted by Gasteiger charge is -2.29. The van der Waals surface area contributed by atoms with Crippen LogP contribution in [0.4, 0.5) is 0 Å². The van der Waals surface area contributed by atoms with E-state index in [4.69, 9.17) is 20.9 Å². The Morgan fingerprint density at radius 3 is 1.52 bits per heavy atom. The molecule has 2 aromatic rings. The van der Waals surface area contributed by atoms with Gasteiger partial charge in [-0.05, 0) is 24.0 Å². The van der Waals surface area contributed by atoms with Gasteiger partial charge in [0.1, 0.15) is 0 Å². The Kier molecular flexibility index (Phi) is 6.21. The molecule has 2 aromatic carbocycles. The van der Waals surface area contributed by atoms with Crippen molar-refractivity contribution in [2.24, 2.45) is 16.9 Å². The summed E-state index contributed by atoms with van der Waals surface area (Å²) >= 11 is 0. The third-order valence-corrected chi connectivity index (χ3v) is 4.93. The Morgan fingerprint density at radius 1 is 0.720 bits per heavy atom. The first kappa shape index (κ1) is 18.1. The molecular formula is C21H28N2O2. The van der Waals surface area contributed by atoms with E-state index >= 15 is 0 Å². The zero-order chi connectivity index (χ0) is 17.5. The molecular weight excluding hydrogens is 312 g/mol. The summed E-state index contributed by atoms with van der Waals surface area (Å²) in [7, 11) is 0. The number of hydrogen-bond donors (Lipinski definition) is 2. The molecule has 25 heavy (non-hydrogen) atoms. The van der Waals surface area contributed by atoms with Crippen molar-refractivity contribution in [1.82, 2.24) is 0 Å². The van der Waals surface area contributed by atoms with Crippen molar-refractivity contribution in [2.75, 3.05) is 13.2 Å². The SMILES string of the molecule is N[C@H]1CC(COCc2ccccc2)(COCc2ccccc2)C[C@@H]1N. The molecule has 1 fully saturated rings. The maximum absolute atomic E-state index is 6.18. The molecule has 0 amide bonds. The summed E-state index contributed by atoms with van der Waals surface area (Å²) < 4.78 is 12.0. The quantitative estimate of drug-likeness (QED) is 0.775. The molecule has 0 saturated heterocycles. The lowest BCUT2D eigenvalue weighted by atomic mass is 9.87. The average molecular weight is 340 g/mol. The summed E-state index contributed by atoms with van der Waals surface area (Å²) in [5.74, 6) is 0. The molecule has 0 radical (unpaired) electrons. The van der Waals surface area contributed by atoms with Crippen molar-refractivity contribution in [3.63, 3.8) is 0 Å². The van der Waals surface area contributed by atoms with Gasteiger partial charge in [-0.25, -0.2) is 0 Å². The molecule has 4 nitrogen and oxygen atoms in total. The van der Waals surface area contributed by atoms with E-state index in [1.54, 1.807) is 0 Å². The van der Waals surface area contributed by atoms with Crippen molar-refractivity contribution >= 4 is 0 Å². The monoisotopic (exact) mass is 340 g/mol. The van der Waals surface area contributed by atoms with Gasteiger partial charge in [0.25, 0.3) is 0 Å². The zero-order valence-corrected chi connectivity index (χ0v) is 14.6. The van der Waals surface area contributed by atoms with E-state index in [0.29, 0.717) is 26.4 Å².